The van der Waals surface area contributed by atoms with Crippen molar-refractivity contribution in [1.82, 2.24) is 4.57 Å². The Hall–Kier alpha value is -7.70. The van der Waals surface area contributed by atoms with Gasteiger partial charge in [-0.3, -0.25) is 0 Å². The molecular weight excluding hydrogens is 827 g/mol. The molecule has 0 aliphatic carbocycles. The number of aliphatic imine (C=N–C) groups is 2. The zero-order valence-corrected chi connectivity index (χ0v) is 37.3. The van der Waals surface area contributed by atoms with Crippen LogP contribution in [0.3, 0.4) is 0 Å². The lowest BCUT2D eigenvalue weighted by atomic mass is 10.0. The molecule has 10 aromatic carbocycles. The van der Waals surface area contributed by atoms with Crippen molar-refractivity contribution in [3.05, 3.63) is 217 Å². The van der Waals surface area contributed by atoms with E-state index in [1.165, 1.54) is 78.0 Å². The second kappa shape index (κ2) is 15.0. The SMILES string of the molecule is C\C=C(/N=C(\N=C(/C)c1cccc2ccccc12)c1cc2c(cc1-n1c3cc4ccccc4cc3c3c4ccccc4ccc31)sc1ccccc12)c1cccc2sc3ccccc3c12. The lowest BCUT2D eigenvalue weighted by molar-refractivity contribution is 1.18. The van der Waals surface area contributed by atoms with E-state index in [9.17, 15) is 0 Å². The molecule has 3 aromatic heterocycles. The molecule has 5 heteroatoms. The third-order valence-corrected chi connectivity index (χ3v) is 15.4. The van der Waals surface area contributed by atoms with Gasteiger partial charge in [0, 0.05) is 73.5 Å². The van der Waals surface area contributed by atoms with Crippen LogP contribution >= 0.6 is 22.7 Å². The van der Waals surface area contributed by atoms with Gasteiger partial charge in [0.05, 0.1) is 22.4 Å². The van der Waals surface area contributed by atoms with E-state index in [-0.39, 0.29) is 0 Å². The van der Waals surface area contributed by atoms with E-state index in [2.05, 4.69) is 219 Å². The quantitative estimate of drug-likeness (QED) is 0.122. The van der Waals surface area contributed by atoms with Crippen LogP contribution in [-0.4, -0.2) is 16.1 Å². The number of nitrogens with zero attached hydrogens (tertiary/aromatic N) is 3. The van der Waals surface area contributed by atoms with Gasteiger partial charge in [-0.25, -0.2) is 9.98 Å². The monoisotopic (exact) mass is 865 g/mol. The standard InChI is InChI=1S/C60H39N3S2/c1-3-50(45-26-15-29-56-59(45)46-24-11-13-28-55(46)64-56)62-60(61-36(2)41-25-14-20-37-16-6-8-21-42(37)41)49-34-47-44-23-10-12-27-54(44)65-57(47)35-53(49)63-51-31-30-38-17-7-9-22-43(38)58(51)48-32-39-18-4-5-19-40(39)33-52(48)63/h3-35H,1-2H3/b50-3-,61-36+,62-60-. The van der Waals surface area contributed by atoms with Gasteiger partial charge in [0.2, 0.25) is 0 Å². The Labute approximate surface area is 383 Å². The Morgan fingerprint density at radius 2 is 1.02 bits per heavy atom. The molecule has 0 fully saturated rings. The first kappa shape index (κ1) is 37.8. The van der Waals surface area contributed by atoms with Gasteiger partial charge in [0.15, 0.2) is 5.84 Å². The molecule has 0 bridgehead atoms. The lowest BCUT2D eigenvalue weighted by Crippen LogP contribution is -2.09. The highest BCUT2D eigenvalue weighted by Crippen LogP contribution is 2.44. The summed E-state index contributed by atoms with van der Waals surface area (Å²) in [5.41, 5.74) is 8.25. The van der Waals surface area contributed by atoms with E-state index in [0.29, 0.717) is 5.84 Å². The number of thiophene rings is 2. The second-order valence-corrected chi connectivity index (χ2v) is 19.0. The minimum Gasteiger partial charge on any atom is -0.308 e. The molecule has 0 radical (unpaired) electrons. The summed E-state index contributed by atoms with van der Waals surface area (Å²) in [6.45, 7) is 4.24. The fourth-order valence-corrected chi connectivity index (χ4v) is 12.4. The number of hydrogen-bond acceptors (Lipinski definition) is 3. The minimum absolute atomic E-state index is 0.656. The predicted molar refractivity (Wildman–Crippen MR) is 284 cm³/mol. The fraction of sp³-hybridized carbons (Fsp3) is 0.0333. The molecule has 0 saturated heterocycles. The van der Waals surface area contributed by atoms with E-state index < -0.39 is 0 Å². The molecule has 0 amide bonds. The summed E-state index contributed by atoms with van der Waals surface area (Å²) in [4.78, 5) is 11.5. The summed E-state index contributed by atoms with van der Waals surface area (Å²) in [5, 5.41) is 14.6. The number of fused-ring (bicyclic) bond motifs is 13. The van der Waals surface area contributed by atoms with Crippen molar-refractivity contribution in [3.8, 4) is 5.69 Å². The maximum Gasteiger partial charge on any atom is 0.162 e. The van der Waals surface area contributed by atoms with Crippen molar-refractivity contribution in [3.63, 3.8) is 0 Å². The first-order valence-corrected chi connectivity index (χ1v) is 23.7. The van der Waals surface area contributed by atoms with Gasteiger partial charge in [0.25, 0.3) is 0 Å². The first-order valence-electron chi connectivity index (χ1n) is 22.1. The molecule has 3 heterocycles. The van der Waals surface area contributed by atoms with Crippen molar-refractivity contribution in [2.45, 2.75) is 13.8 Å². The molecule has 3 nitrogen and oxygen atoms in total. The molecule has 0 aliphatic rings. The van der Waals surface area contributed by atoms with E-state index >= 15 is 0 Å². The van der Waals surface area contributed by atoms with Crippen LogP contribution in [0.2, 0.25) is 0 Å². The fourth-order valence-electron chi connectivity index (χ4n) is 10.1. The highest BCUT2D eigenvalue weighted by molar-refractivity contribution is 7.26. The van der Waals surface area contributed by atoms with Gasteiger partial charge in [-0.05, 0) is 94.7 Å². The number of amidine groups is 1. The van der Waals surface area contributed by atoms with Gasteiger partial charge < -0.3 is 4.57 Å². The molecule has 0 spiro atoms. The van der Waals surface area contributed by atoms with Crippen LogP contribution in [0.4, 0.5) is 0 Å². The van der Waals surface area contributed by atoms with Crippen molar-refractivity contribution in [2.75, 3.05) is 0 Å². The second-order valence-electron chi connectivity index (χ2n) is 16.8. The molecule has 0 N–H and O–H groups in total. The van der Waals surface area contributed by atoms with Gasteiger partial charge in [-0.2, -0.15) is 0 Å². The summed E-state index contributed by atoms with van der Waals surface area (Å²) in [6.07, 6.45) is 2.15. The number of benzene rings is 10. The van der Waals surface area contributed by atoms with Crippen molar-refractivity contribution < 1.29 is 0 Å². The topological polar surface area (TPSA) is 29.6 Å². The van der Waals surface area contributed by atoms with Crippen LogP contribution in [-0.2, 0) is 0 Å². The third kappa shape index (κ3) is 6.00. The number of aromatic nitrogens is 1. The lowest BCUT2D eigenvalue weighted by Gasteiger charge is -2.17. The zero-order valence-electron chi connectivity index (χ0n) is 35.7. The van der Waals surface area contributed by atoms with E-state index in [4.69, 9.17) is 9.98 Å². The van der Waals surface area contributed by atoms with Crippen LogP contribution < -0.4 is 0 Å². The van der Waals surface area contributed by atoms with Crippen molar-refractivity contribution >= 4 is 134 Å². The normalized spacial score (nSPS) is 13.0. The van der Waals surface area contributed by atoms with Gasteiger partial charge >= 0.3 is 0 Å². The Kier molecular flexibility index (Phi) is 8.70. The first-order chi connectivity index (χ1) is 32.1. The Morgan fingerprint density at radius 3 is 1.82 bits per heavy atom. The maximum atomic E-state index is 5.80. The molecular formula is C60H39N3S2. The summed E-state index contributed by atoms with van der Waals surface area (Å²) < 4.78 is 7.47. The van der Waals surface area contributed by atoms with Crippen LogP contribution in [0.1, 0.15) is 30.5 Å². The molecule has 0 atom stereocenters. The van der Waals surface area contributed by atoms with Gasteiger partial charge in [0.1, 0.15) is 0 Å². The van der Waals surface area contributed by atoms with Crippen LogP contribution in [0, 0.1) is 0 Å². The molecule has 306 valence electrons. The van der Waals surface area contributed by atoms with Crippen molar-refractivity contribution in [2.24, 2.45) is 9.98 Å². The van der Waals surface area contributed by atoms with Crippen LogP contribution in [0.25, 0.3) is 106 Å². The molecule has 65 heavy (non-hydrogen) atoms. The minimum atomic E-state index is 0.656. The largest absolute Gasteiger partial charge is 0.308 e. The number of hydrogen-bond donors (Lipinski definition) is 0. The number of allylic oxidation sites excluding steroid dienone is 1. The summed E-state index contributed by atoms with van der Waals surface area (Å²) in [5.74, 6) is 0.656. The Bertz CT molecular complexity index is 4210. The smallest absolute Gasteiger partial charge is 0.162 e. The summed E-state index contributed by atoms with van der Waals surface area (Å²) in [6, 6.07) is 70.8. The highest BCUT2D eigenvalue weighted by Gasteiger charge is 2.23. The van der Waals surface area contributed by atoms with E-state index in [0.717, 1.165) is 50.2 Å². The Morgan fingerprint density at radius 1 is 0.415 bits per heavy atom. The zero-order chi connectivity index (χ0) is 43.2. The third-order valence-electron chi connectivity index (χ3n) is 13.1. The Balaban J connectivity index is 1.18. The summed E-state index contributed by atoms with van der Waals surface area (Å²) in [7, 11) is 0. The maximum absolute atomic E-state index is 5.80. The van der Waals surface area contributed by atoms with E-state index in [1.54, 1.807) is 0 Å². The molecule has 13 aromatic rings. The predicted octanol–water partition coefficient (Wildman–Crippen LogP) is 17.3. The van der Waals surface area contributed by atoms with Gasteiger partial charge in [-0.15, -0.1) is 22.7 Å². The number of rotatable bonds is 5. The molecule has 0 saturated carbocycles. The van der Waals surface area contributed by atoms with Gasteiger partial charge in [-0.1, -0.05) is 152 Å². The summed E-state index contributed by atoms with van der Waals surface area (Å²) >= 11 is 3.67. The molecule has 0 unspecified atom stereocenters. The van der Waals surface area contributed by atoms with Crippen LogP contribution in [0.5, 0.6) is 0 Å². The average molecular weight is 866 g/mol. The van der Waals surface area contributed by atoms with Crippen LogP contribution in [0.15, 0.2) is 210 Å². The van der Waals surface area contributed by atoms with Crippen molar-refractivity contribution in [1.29, 1.82) is 0 Å². The highest BCUT2D eigenvalue weighted by atomic mass is 32.1. The average Bonchev–Trinajstić information content (AvgIpc) is 4.03. The molecule has 13 rings (SSSR count). The van der Waals surface area contributed by atoms with E-state index in [1.807, 2.05) is 22.7 Å². The molecule has 0 aliphatic heterocycles.